The second-order valence-electron chi connectivity index (χ2n) is 3.53. The predicted molar refractivity (Wildman–Crippen MR) is 72.8 cm³/mol. The van der Waals surface area contributed by atoms with Gasteiger partial charge < -0.3 is 10.6 Å². The van der Waals surface area contributed by atoms with Gasteiger partial charge in [0.1, 0.15) is 0 Å². The maximum absolute atomic E-state index is 3.67. The second kappa shape index (κ2) is 5.59. The average Bonchev–Trinajstić information content (AvgIpc) is 2.40. The third-order valence-electron chi connectivity index (χ3n) is 2.26. The molecule has 0 amide bonds. The summed E-state index contributed by atoms with van der Waals surface area (Å²) in [4.78, 5) is 0. The number of para-hydroxylation sites is 2. The Balaban J connectivity index is 2.07. The zero-order valence-corrected chi connectivity index (χ0v) is 9.48. The highest BCUT2D eigenvalue weighted by Crippen LogP contribution is 2.12. The lowest BCUT2D eigenvalue weighted by Gasteiger charge is -2.11. The Hall–Kier alpha value is -2.44. The molecule has 0 saturated carbocycles. The van der Waals surface area contributed by atoms with Crippen LogP contribution in [0, 0.1) is 0 Å². The Kier molecular flexibility index (Phi) is 3.64. The maximum Gasteiger partial charge on any atom is 0.152 e. The van der Waals surface area contributed by atoms with Crippen molar-refractivity contribution in [1.82, 2.24) is 0 Å². The van der Waals surface area contributed by atoms with Crippen molar-refractivity contribution in [3.63, 3.8) is 0 Å². The minimum atomic E-state index is 0.738. The summed E-state index contributed by atoms with van der Waals surface area (Å²) < 4.78 is 0. The molecule has 0 spiro atoms. The van der Waals surface area contributed by atoms with E-state index < -0.39 is 0 Å². The first kappa shape index (κ1) is 11.1. The van der Waals surface area contributed by atoms with Gasteiger partial charge in [-0.3, -0.25) is 0 Å². The molecule has 84 valence electrons. The summed E-state index contributed by atoms with van der Waals surface area (Å²) in [6.45, 7) is 3.67. The summed E-state index contributed by atoms with van der Waals surface area (Å²) in [5.41, 5.74) is 4.85. The minimum absolute atomic E-state index is 0.738. The summed E-state index contributed by atoms with van der Waals surface area (Å²) in [6.07, 6.45) is 0. The molecule has 2 aromatic rings. The molecule has 2 N–H and O–H groups in total. The van der Waals surface area contributed by atoms with E-state index in [1.165, 1.54) is 0 Å². The number of hydrogen-bond acceptors (Lipinski definition) is 2. The van der Waals surface area contributed by atoms with Gasteiger partial charge in [-0.15, -0.1) is 0 Å². The van der Waals surface area contributed by atoms with Gasteiger partial charge in [0.2, 0.25) is 0 Å². The molecule has 2 aromatic carbocycles. The molecule has 0 saturated heterocycles. The smallest absolute Gasteiger partial charge is 0.152 e. The summed E-state index contributed by atoms with van der Waals surface area (Å²) >= 11 is 0. The highest BCUT2D eigenvalue weighted by molar-refractivity contribution is 5.55. The van der Waals surface area contributed by atoms with Gasteiger partial charge in [0.15, 0.2) is 5.82 Å². The van der Waals surface area contributed by atoms with Crippen molar-refractivity contribution in [2.75, 3.05) is 10.6 Å². The monoisotopic (exact) mass is 222 g/mol. The SMILES string of the molecule is C=C=C(Nc1ccccc1)Nc1ccccc1. The molecule has 17 heavy (non-hydrogen) atoms. The lowest BCUT2D eigenvalue weighted by Crippen LogP contribution is -2.08. The van der Waals surface area contributed by atoms with Gasteiger partial charge in [0.05, 0.1) is 0 Å². The highest BCUT2D eigenvalue weighted by Gasteiger charge is 1.96. The van der Waals surface area contributed by atoms with Crippen LogP contribution in [0.2, 0.25) is 0 Å². The summed E-state index contributed by atoms with van der Waals surface area (Å²) in [5, 5.41) is 6.42. The van der Waals surface area contributed by atoms with Gasteiger partial charge in [0.25, 0.3) is 0 Å². The van der Waals surface area contributed by atoms with Crippen LogP contribution in [0.3, 0.4) is 0 Å². The lowest BCUT2D eigenvalue weighted by atomic mass is 10.3. The van der Waals surface area contributed by atoms with Gasteiger partial charge in [0, 0.05) is 11.4 Å². The molecule has 0 bridgehead atoms. The molecule has 0 heterocycles. The van der Waals surface area contributed by atoms with E-state index in [4.69, 9.17) is 0 Å². The fourth-order valence-electron chi connectivity index (χ4n) is 1.45. The molecule has 0 radical (unpaired) electrons. The van der Waals surface area contributed by atoms with Crippen molar-refractivity contribution in [2.24, 2.45) is 0 Å². The van der Waals surface area contributed by atoms with E-state index in [2.05, 4.69) is 22.9 Å². The van der Waals surface area contributed by atoms with E-state index in [9.17, 15) is 0 Å². The molecule has 2 heteroatoms. The van der Waals surface area contributed by atoms with E-state index in [-0.39, 0.29) is 0 Å². The van der Waals surface area contributed by atoms with Crippen LogP contribution < -0.4 is 10.6 Å². The molecule has 0 atom stereocenters. The first-order valence-electron chi connectivity index (χ1n) is 5.42. The van der Waals surface area contributed by atoms with Crippen LogP contribution in [0.25, 0.3) is 0 Å². The van der Waals surface area contributed by atoms with E-state index in [1.807, 2.05) is 60.7 Å². The van der Waals surface area contributed by atoms with Gasteiger partial charge in [-0.2, -0.15) is 0 Å². The molecule has 0 unspecified atom stereocenters. The summed E-state index contributed by atoms with van der Waals surface area (Å²) in [7, 11) is 0. The normalized spacial score (nSPS) is 9.18. The summed E-state index contributed by atoms with van der Waals surface area (Å²) in [6, 6.07) is 19.8. The number of hydrogen-bond donors (Lipinski definition) is 2. The quantitative estimate of drug-likeness (QED) is 0.768. The first-order valence-corrected chi connectivity index (χ1v) is 5.42. The fourth-order valence-corrected chi connectivity index (χ4v) is 1.45. The zero-order chi connectivity index (χ0) is 11.9. The number of nitrogens with one attached hydrogen (secondary N) is 2. The van der Waals surface area contributed by atoms with Crippen molar-refractivity contribution < 1.29 is 0 Å². The van der Waals surface area contributed by atoms with Gasteiger partial charge in [-0.1, -0.05) is 48.7 Å². The minimum Gasteiger partial charge on any atom is -0.335 e. The molecule has 0 aliphatic carbocycles. The average molecular weight is 222 g/mol. The Morgan fingerprint density at radius 2 is 1.18 bits per heavy atom. The second-order valence-corrected chi connectivity index (χ2v) is 3.53. The van der Waals surface area contributed by atoms with E-state index in [1.54, 1.807) is 0 Å². The third-order valence-corrected chi connectivity index (χ3v) is 2.26. The van der Waals surface area contributed by atoms with Gasteiger partial charge in [-0.05, 0) is 24.3 Å². The summed E-state index contributed by atoms with van der Waals surface area (Å²) in [5.74, 6) is 0.738. The Bertz CT molecular complexity index is 468. The van der Waals surface area contributed by atoms with Gasteiger partial charge >= 0.3 is 0 Å². The predicted octanol–water partition coefficient (Wildman–Crippen LogP) is 3.84. The first-order chi connectivity index (χ1) is 8.38. The van der Waals surface area contributed by atoms with Crippen molar-refractivity contribution in [1.29, 1.82) is 0 Å². The van der Waals surface area contributed by atoms with Gasteiger partial charge in [-0.25, -0.2) is 0 Å². The molecule has 2 rings (SSSR count). The standard InChI is InChI=1S/C15H14N2/c1-2-15(16-13-9-5-3-6-10-13)17-14-11-7-4-8-12-14/h3-12,16-17H,1H2. The molecular weight excluding hydrogens is 208 g/mol. The van der Waals surface area contributed by atoms with Crippen molar-refractivity contribution >= 4 is 11.4 Å². The molecular formula is C15H14N2. The molecule has 2 nitrogen and oxygen atoms in total. The largest absolute Gasteiger partial charge is 0.335 e. The maximum atomic E-state index is 3.67. The molecule has 0 aliphatic rings. The van der Waals surface area contributed by atoms with Crippen LogP contribution in [-0.4, -0.2) is 0 Å². The Labute approximate surface area is 101 Å². The highest BCUT2D eigenvalue weighted by atomic mass is 15.1. The van der Waals surface area contributed by atoms with Crippen LogP contribution in [0.15, 0.2) is 78.8 Å². The Morgan fingerprint density at radius 1 is 0.765 bits per heavy atom. The zero-order valence-electron chi connectivity index (χ0n) is 9.48. The number of anilines is 2. The van der Waals surface area contributed by atoms with E-state index >= 15 is 0 Å². The third kappa shape index (κ3) is 3.26. The lowest BCUT2D eigenvalue weighted by molar-refractivity contribution is 1.37. The Morgan fingerprint density at radius 3 is 1.53 bits per heavy atom. The molecule has 0 fully saturated rings. The van der Waals surface area contributed by atoms with E-state index in [0.29, 0.717) is 0 Å². The van der Waals surface area contributed by atoms with Crippen LogP contribution in [0.5, 0.6) is 0 Å². The molecule has 0 aromatic heterocycles. The fraction of sp³-hybridized carbons (Fsp3) is 0. The number of rotatable bonds is 4. The van der Waals surface area contributed by atoms with Crippen LogP contribution in [0.1, 0.15) is 0 Å². The van der Waals surface area contributed by atoms with Crippen LogP contribution >= 0.6 is 0 Å². The topological polar surface area (TPSA) is 24.1 Å². The molecule has 0 aliphatic heterocycles. The van der Waals surface area contributed by atoms with Crippen LogP contribution in [0.4, 0.5) is 11.4 Å². The number of benzene rings is 2. The van der Waals surface area contributed by atoms with E-state index in [0.717, 1.165) is 17.2 Å². The van der Waals surface area contributed by atoms with Crippen molar-refractivity contribution in [3.8, 4) is 0 Å². The van der Waals surface area contributed by atoms with Crippen molar-refractivity contribution in [2.45, 2.75) is 0 Å². The van der Waals surface area contributed by atoms with Crippen molar-refractivity contribution in [3.05, 3.63) is 78.8 Å². The van der Waals surface area contributed by atoms with Crippen LogP contribution in [-0.2, 0) is 0 Å².